The van der Waals surface area contributed by atoms with Crippen molar-refractivity contribution in [2.24, 2.45) is 0 Å². The van der Waals surface area contributed by atoms with E-state index >= 15 is 0 Å². The lowest BCUT2D eigenvalue weighted by molar-refractivity contribution is -0.126. The number of aryl methyl sites for hydroxylation is 2. The molecule has 1 rings (SSSR count). The van der Waals surface area contributed by atoms with Gasteiger partial charge in [0.25, 0.3) is 0 Å². The van der Waals surface area contributed by atoms with Crippen LogP contribution in [0.4, 0.5) is 5.69 Å². The third-order valence-electron chi connectivity index (χ3n) is 2.83. The summed E-state index contributed by atoms with van der Waals surface area (Å²) in [6.07, 6.45) is 1.83. The molecular formula is C15H22N2O2. The second-order valence-electron chi connectivity index (χ2n) is 4.75. The Morgan fingerprint density at radius 2 is 1.89 bits per heavy atom. The summed E-state index contributed by atoms with van der Waals surface area (Å²) >= 11 is 0. The molecule has 0 radical (unpaired) electrons. The lowest BCUT2D eigenvalue weighted by Crippen LogP contribution is -2.28. The zero-order valence-electron chi connectivity index (χ0n) is 11.9. The van der Waals surface area contributed by atoms with Gasteiger partial charge in [0.2, 0.25) is 11.8 Å². The first-order valence-corrected chi connectivity index (χ1v) is 6.66. The largest absolute Gasteiger partial charge is 0.356 e. The van der Waals surface area contributed by atoms with Crippen molar-refractivity contribution in [2.45, 2.75) is 40.0 Å². The van der Waals surface area contributed by atoms with Crippen molar-refractivity contribution >= 4 is 17.5 Å². The Labute approximate surface area is 114 Å². The molecule has 0 unspecified atom stereocenters. The molecule has 0 spiro atoms. The lowest BCUT2D eigenvalue weighted by Gasteiger charge is -2.09. The van der Waals surface area contributed by atoms with Crippen LogP contribution in [0.25, 0.3) is 0 Å². The van der Waals surface area contributed by atoms with Crippen molar-refractivity contribution in [1.82, 2.24) is 5.32 Å². The quantitative estimate of drug-likeness (QED) is 0.611. The summed E-state index contributed by atoms with van der Waals surface area (Å²) in [6, 6.07) is 5.79. The number of unbranched alkanes of at least 4 members (excludes halogenated alkanes) is 1. The number of hydrogen-bond donors (Lipinski definition) is 2. The summed E-state index contributed by atoms with van der Waals surface area (Å²) < 4.78 is 0. The molecule has 0 saturated carbocycles. The number of amides is 2. The summed E-state index contributed by atoms with van der Waals surface area (Å²) in [5.74, 6) is -0.503. The van der Waals surface area contributed by atoms with E-state index in [0.29, 0.717) is 6.54 Å². The number of hydrogen-bond acceptors (Lipinski definition) is 2. The highest BCUT2D eigenvalue weighted by molar-refractivity contribution is 6.03. The fraction of sp³-hybridized carbons (Fsp3) is 0.467. The number of carbonyl (C=O) groups is 2. The minimum absolute atomic E-state index is 0.128. The zero-order chi connectivity index (χ0) is 14.3. The molecule has 4 nitrogen and oxygen atoms in total. The van der Waals surface area contributed by atoms with Crippen LogP contribution < -0.4 is 10.6 Å². The second kappa shape index (κ2) is 7.56. The van der Waals surface area contributed by atoms with Crippen molar-refractivity contribution in [2.75, 3.05) is 11.9 Å². The third-order valence-corrected chi connectivity index (χ3v) is 2.83. The van der Waals surface area contributed by atoms with Gasteiger partial charge in [0, 0.05) is 12.2 Å². The Kier molecular flexibility index (Phi) is 6.06. The van der Waals surface area contributed by atoms with Gasteiger partial charge in [-0.1, -0.05) is 31.0 Å². The maximum Gasteiger partial charge on any atom is 0.233 e. The molecular weight excluding hydrogens is 240 g/mol. The number of anilines is 1. The highest BCUT2D eigenvalue weighted by atomic mass is 16.2. The van der Waals surface area contributed by atoms with Crippen LogP contribution in [-0.2, 0) is 9.59 Å². The van der Waals surface area contributed by atoms with Crippen molar-refractivity contribution < 1.29 is 9.59 Å². The Bertz CT molecular complexity index is 455. The maximum absolute atomic E-state index is 11.7. The van der Waals surface area contributed by atoms with E-state index < -0.39 is 0 Å². The molecule has 2 amide bonds. The van der Waals surface area contributed by atoms with E-state index in [1.807, 2.05) is 32.0 Å². The molecule has 0 aliphatic carbocycles. The SMILES string of the molecule is CCCCNC(=O)CC(=O)Nc1ccc(C)cc1C. The number of carbonyl (C=O) groups excluding carboxylic acids is 2. The average molecular weight is 262 g/mol. The monoisotopic (exact) mass is 262 g/mol. The van der Waals surface area contributed by atoms with Crippen molar-refractivity contribution in [1.29, 1.82) is 0 Å². The van der Waals surface area contributed by atoms with Gasteiger partial charge in [-0.05, 0) is 31.9 Å². The van der Waals surface area contributed by atoms with Gasteiger partial charge in [-0.3, -0.25) is 9.59 Å². The molecule has 0 atom stereocenters. The summed E-state index contributed by atoms with van der Waals surface area (Å²) in [4.78, 5) is 23.2. The van der Waals surface area contributed by atoms with Gasteiger partial charge >= 0.3 is 0 Å². The molecule has 2 N–H and O–H groups in total. The molecule has 1 aromatic rings. The van der Waals surface area contributed by atoms with Crippen LogP contribution in [0, 0.1) is 13.8 Å². The number of nitrogens with one attached hydrogen (secondary N) is 2. The van der Waals surface area contributed by atoms with E-state index in [0.717, 1.165) is 29.7 Å². The van der Waals surface area contributed by atoms with Gasteiger partial charge in [0.05, 0.1) is 0 Å². The normalized spacial score (nSPS) is 10.1. The van der Waals surface area contributed by atoms with E-state index in [1.54, 1.807) is 0 Å². The van der Waals surface area contributed by atoms with Crippen molar-refractivity contribution in [3.63, 3.8) is 0 Å². The first-order valence-electron chi connectivity index (χ1n) is 6.66. The molecule has 0 bridgehead atoms. The first kappa shape index (κ1) is 15.2. The Morgan fingerprint density at radius 3 is 2.53 bits per heavy atom. The standard InChI is InChI=1S/C15H22N2O2/c1-4-5-8-16-14(18)10-15(19)17-13-7-6-11(2)9-12(13)3/h6-7,9H,4-5,8,10H2,1-3H3,(H,16,18)(H,17,19). The summed E-state index contributed by atoms with van der Waals surface area (Å²) in [7, 11) is 0. The predicted octanol–water partition coefficient (Wildman–Crippen LogP) is 2.55. The average Bonchev–Trinajstić information content (AvgIpc) is 2.33. The highest BCUT2D eigenvalue weighted by Crippen LogP contribution is 2.16. The molecule has 0 aromatic heterocycles. The van der Waals surface area contributed by atoms with E-state index in [-0.39, 0.29) is 18.2 Å². The lowest BCUT2D eigenvalue weighted by atomic mass is 10.1. The van der Waals surface area contributed by atoms with Gasteiger partial charge in [0.15, 0.2) is 0 Å². The van der Waals surface area contributed by atoms with Gasteiger partial charge in [-0.2, -0.15) is 0 Å². The fourth-order valence-electron chi connectivity index (χ4n) is 1.76. The highest BCUT2D eigenvalue weighted by Gasteiger charge is 2.10. The smallest absolute Gasteiger partial charge is 0.233 e. The molecule has 0 aliphatic heterocycles. The summed E-state index contributed by atoms with van der Waals surface area (Å²) in [5, 5.41) is 5.48. The van der Waals surface area contributed by atoms with E-state index in [1.165, 1.54) is 0 Å². The molecule has 19 heavy (non-hydrogen) atoms. The molecule has 0 aliphatic rings. The van der Waals surface area contributed by atoms with Crippen LogP contribution in [0.1, 0.15) is 37.3 Å². The number of rotatable bonds is 6. The van der Waals surface area contributed by atoms with Crippen LogP contribution >= 0.6 is 0 Å². The summed E-state index contributed by atoms with van der Waals surface area (Å²) in [6.45, 7) is 6.62. The minimum Gasteiger partial charge on any atom is -0.356 e. The zero-order valence-corrected chi connectivity index (χ0v) is 11.9. The van der Waals surface area contributed by atoms with Gasteiger partial charge in [0.1, 0.15) is 6.42 Å². The molecule has 4 heteroatoms. The molecule has 1 aromatic carbocycles. The molecule has 0 heterocycles. The topological polar surface area (TPSA) is 58.2 Å². The minimum atomic E-state index is -0.277. The first-order chi connectivity index (χ1) is 9.02. The maximum atomic E-state index is 11.7. The molecule has 0 saturated heterocycles. The summed E-state index contributed by atoms with van der Waals surface area (Å²) in [5.41, 5.74) is 2.91. The molecule has 0 fully saturated rings. The van der Waals surface area contributed by atoms with E-state index in [9.17, 15) is 9.59 Å². The van der Waals surface area contributed by atoms with Crippen LogP contribution in [0.5, 0.6) is 0 Å². The Balaban J connectivity index is 2.44. The Hall–Kier alpha value is -1.84. The van der Waals surface area contributed by atoms with Gasteiger partial charge in [-0.15, -0.1) is 0 Å². The number of benzene rings is 1. The van der Waals surface area contributed by atoms with E-state index in [2.05, 4.69) is 17.6 Å². The Morgan fingerprint density at radius 1 is 1.16 bits per heavy atom. The van der Waals surface area contributed by atoms with Crippen molar-refractivity contribution in [3.05, 3.63) is 29.3 Å². The predicted molar refractivity (Wildman–Crippen MR) is 77.1 cm³/mol. The van der Waals surface area contributed by atoms with Gasteiger partial charge < -0.3 is 10.6 Å². The van der Waals surface area contributed by atoms with Crippen LogP contribution in [-0.4, -0.2) is 18.4 Å². The van der Waals surface area contributed by atoms with Crippen LogP contribution in [0.3, 0.4) is 0 Å². The van der Waals surface area contributed by atoms with Gasteiger partial charge in [-0.25, -0.2) is 0 Å². The van der Waals surface area contributed by atoms with E-state index in [4.69, 9.17) is 0 Å². The van der Waals surface area contributed by atoms with Crippen LogP contribution in [0.15, 0.2) is 18.2 Å². The van der Waals surface area contributed by atoms with Crippen molar-refractivity contribution in [3.8, 4) is 0 Å². The molecule has 104 valence electrons. The third kappa shape index (κ3) is 5.55. The fourth-order valence-corrected chi connectivity index (χ4v) is 1.76. The van der Waals surface area contributed by atoms with Crippen LogP contribution in [0.2, 0.25) is 0 Å². The second-order valence-corrected chi connectivity index (χ2v) is 4.75.